The fourth-order valence-corrected chi connectivity index (χ4v) is 3.78. The number of piperazine rings is 1. The lowest BCUT2D eigenvalue weighted by Gasteiger charge is -2.37. The van der Waals surface area contributed by atoms with Gasteiger partial charge in [-0.25, -0.2) is 0 Å². The predicted octanol–water partition coefficient (Wildman–Crippen LogP) is 4.44. The lowest BCUT2D eigenvalue weighted by atomic mass is 9.95. The van der Waals surface area contributed by atoms with Crippen molar-refractivity contribution in [3.63, 3.8) is 0 Å². The number of halogens is 2. The first-order chi connectivity index (χ1) is 12.6. The molecule has 1 saturated heterocycles. The van der Waals surface area contributed by atoms with E-state index < -0.39 is 0 Å². The molecule has 1 fully saturated rings. The number of carbonyl (C=O) groups excluding carboxylic acids is 1. The number of para-hydroxylation sites is 1. The third kappa shape index (κ3) is 5.16. The summed E-state index contributed by atoms with van der Waals surface area (Å²) >= 11 is 6.15. The summed E-state index contributed by atoms with van der Waals surface area (Å²) in [5.74, 6) is 1.09. The van der Waals surface area contributed by atoms with Crippen molar-refractivity contribution in [2.75, 3.05) is 26.7 Å². The van der Waals surface area contributed by atoms with Crippen molar-refractivity contribution >= 4 is 29.9 Å². The van der Waals surface area contributed by atoms with Crippen molar-refractivity contribution in [2.24, 2.45) is 0 Å². The second-order valence-electron chi connectivity index (χ2n) is 6.71. The highest BCUT2D eigenvalue weighted by atomic mass is 35.5. The van der Waals surface area contributed by atoms with Crippen LogP contribution in [0.4, 0.5) is 0 Å². The number of ether oxygens (including phenoxy) is 1. The van der Waals surface area contributed by atoms with Gasteiger partial charge in [-0.15, -0.1) is 12.4 Å². The van der Waals surface area contributed by atoms with Crippen LogP contribution in [0.5, 0.6) is 5.75 Å². The Labute approximate surface area is 172 Å². The van der Waals surface area contributed by atoms with Gasteiger partial charge in [0.15, 0.2) is 0 Å². The van der Waals surface area contributed by atoms with Crippen LogP contribution in [-0.2, 0) is 4.79 Å². The highest BCUT2D eigenvalue weighted by Gasteiger charge is 2.29. The number of rotatable bonds is 5. The molecule has 4 nitrogen and oxygen atoms in total. The largest absolute Gasteiger partial charge is 0.496 e. The number of benzene rings is 2. The number of carbonyl (C=O) groups is 1. The zero-order chi connectivity index (χ0) is 18.5. The molecule has 2 aromatic rings. The van der Waals surface area contributed by atoms with Crippen LogP contribution in [-0.4, -0.2) is 37.6 Å². The van der Waals surface area contributed by atoms with Crippen molar-refractivity contribution in [1.29, 1.82) is 0 Å². The van der Waals surface area contributed by atoms with E-state index in [-0.39, 0.29) is 30.3 Å². The second kappa shape index (κ2) is 9.98. The van der Waals surface area contributed by atoms with Gasteiger partial charge >= 0.3 is 0 Å². The van der Waals surface area contributed by atoms with E-state index in [1.165, 1.54) is 0 Å². The maximum atomic E-state index is 13.1. The second-order valence-corrected chi connectivity index (χ2v) is 7.15. The summed E-state index contributed by atoms with van der Waals surface area (Å²) in [6.07, 6.45) is 0.456. The SMILES string of the molecule is COc1ccccc1C(C)CC(=O)N1CCNCC1c1cccc(Cl)c1.Cl. The molecule has 0 spiro atoms. The molecular formula is C21H26Cl2N2O2. The van der Waals surface area contributed by atoms with Crippen LogP contribution in [0.1, 0.15) is 36.4 Å². The summed E-state index contributed by atoms with van der Waals surface area (Å²) in [5.41, 5.74) is 2.14. The lowest BCUT2D eigenvalue weighted by molar-refractivity contribution is -0.134. The summed E-state index contributed by atoms with van der Waals surface area (Å²) in [7, 11) is 1.67. The molecule has 0 aromatic heterocycles. The molecule has 0 radical (unpaired) electrons. The normalized spacial score (nSPS) is 17.7. The molecule has 0 bridgehead atoms. The first-order valence-electron chi connectivity index (χ1n) is 8.98. The minimum atomic E-state index is 0. The summed E-state index contributed by atoms with van der Waals surface area (Å²) in [6.45, 7) is 4.34. The number of methoxy groups -OCH3 is 1. The van der Waals surface area contributed by atoms with Crippen LogP contribution in [0.25, 0.3) is 0 Å². The standard InChI is InChI=1S/C21H25ClN2O2.ClH/c1-15(18-8-3-4-9-20(18)26-2)12-21(25)24-11-10-23-14-19(24)16-6-5-7-17(22)13-16;/h3-9,13,15,19,23H,10-12,14H2,1-2H3;1H. The van der Waals surface area contributed by atoms with E-state index in [2.05, 4.69) is 12.2 Å². The van der Waals surface area contributed by atoms with Gasteiger partial charge in [0.1, 0.15) is 5.75 Å². The Kier molecular flexibility index (Phi) is 7.96. The minimum Gasteiger partial charge on any atom is -0.496 e. The Bertz CT molecular complexity index is 769. The molecule has 2 aromatic carbocycles. The molecule has 1 N–H and O–H groups in total. The molecule has 0 saturated carbocycles. The van der Waals surface area contributed by atoms with Gasteiger partial charge in [0.2, 0.25) is 5.91 Å². The van der Waals surface area contributed by atoms with Gasteiger partial charge in [-0.1, -0.05) is 48.9 Å². The zero-order valence-corrected chi connectivity index (χ0v) is 17.2. The van der Waals surface area contributed by atoms with E-state index >= 15 is 0 Å². The smallest absolute Gasteiger partial charge is 0.223 e. The number of nitrogens with one attached hydrogen (secondary N) is 1. The van der Waals surface area contributed by atoms with Gasteiger partial charge in [0.05, 0.1) is 13.2 Å². The van der Waals surface area contributed by atoms with Crippen molar-refractivity contribution in [3.05, 3.63) is 64.7 Å². The van der Waals surface area contributed by atoms with E-state index in [9.17, 15) is 4.79 Å². The topological polar surface area (TPSA) is 41.6 Å². The van der Waals surface area contributed by atoms with E-state index in [0.29, 0.717) is 18.0 Å². The molecule has 1 heterocycles. The van der Waals surface area contributed by atoms with Crippen LogP contribution in [0.2, 0.25) is 5.02 Å². The van der Waals surface area contributed by atoms with Crippen molar-refractivity contribution < 1.29 is 9.53 Å². The molecule has 1 amide bonds. The monoisotopic (exact) mass is 408 g/mol. The fourth-order valence-electron chi connectivity index (χ4n) is 3.58. The van der Waals surface area contributed by atoms with E-state index in [0.717, 1.165) is 30.0 Å². The minimum absolute atomic E-state index is 0. The number of hydrogen-bond donors (Lipinski definition) is 1. The average molecular weight is 409 g/mol. The molecule has 3 rings (SSSR count). The predicted molar refractivity (Wildman–Crippen MR) is 112 cm³/mol. The molecule has 146 valence electrons. The van der Waals surface area contributed by atoms with E-state index in [1.807, 2.05) is 53.4 Å². The van der Waals surface area contributed by atoms with Crippen LogP contribution in [0, 0.1) is 0 Å². The van der Waals surface area contributed by atoms with Crippen LogP contribution >= 0.6 is 24.0 Å². The molecule has 0 aliphatic carbocycles. The van der Waals surface area contributed by atoms with Crippen LogP contribution < -0.4 is 10.1 Å². The zero-order valence-electron chi connectivity index (χ0n) is 15.7. The van der Waals surface area contributed by atoms with E-state index in [1.54, 1.807) is 7.11 Å². The number of amides is 1. The van der Waals surface area contributed by atoms with Crippen molar-refractivity contribution in [1.82, 2.24) is 10.2 Å². The number of nitrogens with zero attached hydrogens (tertiary/aromatic N) is 1. The summed E-state index contributed by atoms with van der Waals surface area (Å²) < 4.78 is 5.45. The average Bonchev–Trinajstić information content (AvgIpc) is 2.67. The first-order valence-corrected chi connectivity index (χ1v) is 9.36. The number of hydrogen-bond acceptors (Lipinski definition) is 3. The van der Waals surface area contributed by atoms with Crippen LogP contribution in [0.15, 0.2) is 48.5 Å². The Morgan fingerprint density at radius 1 is 1.30 bits per heavy atom. The summed E-state index contributed by atoms with van der Waals surface area (Å²) in [5, 5.41) is 4.08. The Balaban J connectivity index is 0.00000261. The first kappa shape index (κ1) is 21.5. The van der Waals surface area contributed by atoms with Gasteiger partial charge in [-0.05, 0) is 35.2 Å². The van der Waals surface area contributed by atoms with Gasteiger partial charge in [0.25, 0.3) is 0 Å². The van der Waals surface area contributed by atoms with Crippen molar-refractivity contribution in [3.8, 4) is 5.75 Å². The highest BCUT2D eigenvalue weighted by molar-refractivity contribution is 6.30. The quantitative estimate of drug-likeness (QED) is 0.794. The Hall–Kier alpha value is -1.75. The van der Waals surface area contributed by atoms with Gasteiger partial charge in [-0.3, -0.25) is 4.79 Å². The van der Waals surface area contributed by atoms with Gasteiger partial charge in [-0.2, -0.15) is 0 Å². The molecule has 2 unspecified atom stereocenters. The fraction of sp³-hybridized carbons (Fsp3) is 0.381. The van der Waals surface area contributed by atoms with Crippen LogP contribution in [0.3, 0.4) is 0 Å². The summed E-state index contributed by atoms with van der Waals surface area (Å²) in [6, 6.07) is 15.7. The third-order valence-electron chi connectivity index (χ3n) is 4.95. The molecule has 2 atom stereocenters. The molecule has 27 heavy (non-hydrogen) atoms. The van der Waals surface area contributed by atoms with Gasteiger partial charge < -0.3 is 15.0 Å². The Morgan fingerprint density at radius 3 is 2.81 bits per heavy atom. The molecule has 1 aliphatic rings. The van der Waals surface area contributed by atoms with Gasteiger partial charge in [0, 0.05) is 31.1 Å². The van der Waals surface area contributed by atoms with E-state index in [4.69, 9.17) is 16.3 Å². The molecular weight excluding hydrogens is 383 g/mol. The maximum Gasteiger partial charge on any atom is 0.223 e. The molecule has 1 aliphatic heterocycles. The summed E-state index contributed by atoms with van der Waals surface area (Å²) in [4.78, 5) is 15.1. The maximum absolute atomic E-state index is 13.1. The third-order valence-corrected chi connectivity index (χ3v) is 5.18. The molecule has 6 heteroatoms. The highest BCUT2D eigenvalue weighted by Crippen LogP contribution is 2.31. The van der Waals surface area contributed by atoms with Crippen molar-refractivity contribution in [2.45, 2.75) is 25.3 Å². The lowest BCUT2D eigenvalue weighted by Crippen LogP contribution is -2.48. The Morgan fingerprint density at radius 2 is 2.07 bits per heavy atom.